The second-order valence-corrected chi connectivity index (χ2v) is 4.99. The average Bonchev–Trinajstić information content (AvgIpc) is 2.39. The van der Waals surface area contributed by atoms with Gasteiger partial charge in [-0.25, -0.2) is 15.0 Å². The van der Waals surface area contributed by atoms with Gasteiger partial charge < -0.3 is 10.6 Å². The number of nitrogen functional groups attached to an aromatic ring is 1. The third-order valence-electron chi connectivity index (χ3n) is 3.48. The molecule has 0 saturated carbocycles. The van der Waals surface area contributed by atoms with Crippen LogP contribution in [0, 0.1) is 5.92 Å². The van der Waals surface area contributed by atoms with Gasteiger partial charge in [0.2, 0.25) is 0 Å². The van der Waals surface area contributed by atoms with Crippen molar-refractivity contribution in [2.75, 3.05) is 23.7 Å². The molecule has 1 saturated heterocycles. The van der Waals surface area contributed by atoms with E-state index in [9.17, 15) is 0 Å². The fraction of sp³-hybridized carbons (Fsp3) is 0.462. The van der Waals surface area contributed by atoms with Crippen LogP contribution in [0.5, 0.6) is 0 Å². The van der Waals surface area contributed by atoms with Gasteiger partial charge in [-0.15, -0.1) is 0 Å². The number of rotatable bonds is 1. The van der Waals surface area contributed by atoms with Crippen LogP contribution in [0.15, 0.2) is 18.5 Å². The van der Waals surface area contributed by atoms with E-state index in [2.05, 4.69) is 26.8 Å². The summed E-state index contributed by atoms with van der Waals surface area (Å²) in [5.41, 5.74) is 7.35. The summed E-state index contributed by atoms with van der Waals surface area (Å²) in [6.07, 6.45) is 4.00. The molecule has 0 spiro atoms. The van der Waals surface area contributed by atoms with Crippen LogP contribution in [-0.2, 0) is 0 Å². The Morgan fingerprint density at radius 1 is 1.33 bits per heavy atom. The van der Waals surface area contributed by atoms with Crippen molar-refractivity contribution in [2.24, 2.45) is 5.92 Å². The number of nitrogens with two attached hydrogens (primary N) is 1. The van der Waals surface area contributed by atoms with E-state index in [0.29, 0.717) is 11.3 Å². The van der Waals surface area contributed by atoms with E-state index in [4.69, 9.17) is 5.73 Å². The van der Waals surface area contributed by atoms with Gasteiger partial charge >= 0.3 is 0 Å². The Morgan fingerprint density at radius 3 is 3.06 bits per heavy atom. The number of anilines is 2. The fourth-order valence-corrected chi connectivity index (χ4v) is 2.52. The lowest BCUT2D eigenvalue weighted by Gasteiger charge is -2.31. The van der Waals surface area contributed by atoms with Crippen LogP contribution in [0.1, 0.15) is 19.8 Å². The van der Waals surface area contributed by atoms with Crippen molar-refractivity contribution in [3.05, 3.63) is 18.5 Å². The summed E-state index contributed by atoms with van der Waals surface area (Å²) in [7, 11) is 0. The molecule has 3 heterocycles. The van der Waals surface area contributed by atoms with Crippen LogP contribution in [0.4, 0.5) is 11.6 Å². The highest BCUT2D eigenvalue weighted by Crippen LogP contribution is 2.24. The number of hydrogen-bond acceptors (Lipinski definition) is 5. The Balaban J connectivity index is 1.99. The van der Waals surface area contributed by atoms with Crippen molar-refractivity contribution in [1.82, 2.24) is 15.0 Å². The molecule has 1 atom stereocenters. The molecule has 2 aromatic rings. The van der Waals surface area contributed by atoms with E-state index < -0.39 is 0 Å². The highest BCUT2D eigenvalue weighted by Gasteiger charge is 2.18. The quantitative estimate of drug-likeness (QED) is 0.827. The molecular weight excluding hydrogens is 226 g/mol. The molecule has 0 radical (unpaired) electrons. The molecule has 0 amide bonds. The number of hydrogen-bond donors (Lipinski definition) is 1. The molecule has 5 heteroatoms. The maximum absolute atomic E-state index is 5.85. The van der Waals surface area contributed by atoms with Gasteiger partial charge in [0.1, 0.15) is 17.7 Å². The molecule has 94 valence electrons. The van der Waals surface area contributed by atoms with Crippen LogP contribution in [0.3, 0.4) is 0 Å². The van der Waals surface area contributed by atoms with Crippen molar-refractivity contribution in [2.45, 2.75) is 19.8 Å². The highest BCUT2D eigenvalue weighted by atomic mass is 15.2. The van der Waals surface area contributed by atoms with Gasteiger partial charge in [0.05, 0.1) is 5.52 Å². The number of nitrogens with zero attached hydrogens (tertiary/aromatic N) is 4. The van der Waals surface area contributed by atoms with Crippen molar-refractivity contribution in [1.29, 1.82) is 0 Å². The molecule has 1 unspecified atom stereocenters. The first-order valence-corrected chi connectivity index (χ1v) is 6.36. The number of pyridine rings is 1. The lowest BCUT2D eigenvalue weighted by molar-refractivity contribution is 0.445. The number of piperidine rings is 1. The van der Waals surface area contributed by atoms with Crippen LogP contribution in [0.2, 0.25) is 0 Å². The molecule has 1 aliphatic heterocycles. The molecule has 5 nitrogen and oxygen atoms in total. The maximum Gasteiger partial charge on any atom is 0.153 e. The molecular formula is C13H17N5. The normalized spacial score (nSPS) is 20.3. The van der Waals surface area contributed by atoms with E-state index in [1.54, 1.807) is 0 Å². The minimum absolute atomic E-state index is 0.451. The predicted octanol–water partition coefficient (Wildman–Crippen LogP) is 1.84. The van der Waals surface area contributed by atoms with Crippen molar-refractivity contribution in [3.63, 3.8) is 0 Å². The SMILES string of the molecule is CC1CCCN(c2ccc3ncnc(N)c3n2)C1. The van der Waals surface area contributed by atoms with Gasteiger partial charge in [-0.2, -0.15) is 0 Å². The topological polar surface area (TPSA) is 67.9 Å². The van der Waals surface area contributed by atoms with Gasteiger partial charge in [-0.05, 0) is 30.9 Å². The molecule has 18 heavy (non-hydrogen) atoms. The third kappa shape index (κ3) is 1.96. The molecule has 1 fully saturated rings. The van der Waals surface area contributed by atoms with Gasteiger partial charge in [-0.1, -0.05) is 6.92 Å². The molecule has 2 aromatic heterocycles. The van der Waals surface area contributed by atoms with Gasteiger partial charge in [0, 0.05) is 13.1 Å². The summed E-state index contributed by atoms with van der Waals surface area (Å²) >= 11 is 0. The van der Waals surface area contributed by atoms with Crippen LogP contribution < -0.4 is 10.6 Å². The summed E-state index contributed by atoms with van der Waals surface area (Å²) in [4.78, 5) is 15.1. The monoisotopic (exact) mass is 243 g/mol. The summed E-state index contributed by atoms with van der Waals surface area (Å²) < 4.78 is 0. The second-order valence-electron chi connectivity index (χ2n) is 4.99. The van der Waals surface area contributed by atoms with Crippen molar-refractivity contribution in [3.8, 4) is 0 Å². The van der Waals surface area contributed by atoms with Gasteiger partial charge in [-0.3, -0.25) is 0 Å². The molecule has 0 bridgehead atoms. The Kier molecular flexibility index (Phi) is 2.74. The van der Waals surface area contributed by atoms with E-state index in [-0.39, 0.29) is 0 Å². The van der Waals surface area contributed by atoms with E-state index >= 15 is 0 Å². The number of fused-ring (bicyclic) bond motifs is 1. The Bertz CT molecular complexity index is 568. The average molecular weight is 243 g/mol. The Hall–Kier alpha value is -1.91. The first-order chi connectivity index (χ1) is 8.74. The summed E-state index contributed by atoms with van der Waals surface area (Å²) in [6.45, 7) is 4.41. The third-order valence-corrected chi connectivity index (χ3v) is 3.48. The van der Waals surface area contributed by atoms with E-state index in [0.717, 1.165) is 30.3 Å². The lowest BCUT2D eigenvalue weighted by atomic mass is 10.0. The van der Waals surface area contributed by atoms with Crippen molar-refractivity contribution >= 4 is 22.7 Å². The van der Waals surface area contributed by atoms with Crippen LogP contribution in [0.25, 0.3) is 11.0 Å². The molecule has 3 rings (SSSR count). The van der Waals surface area contributed by atoms with Crippen molar-refractivity contribution < 1.29 is 0 Å². The van der Waals surface area contributed by atoms with Gasteiger partial charge in [0.25, 0.3) is 0 Å². The molecule has 2 N–H and O–H groups in total. The molecule has 0 aromatic carbocycles. The summed E-state index contributed by atoms with van der Waals surface area (Å²) in [6, 6.07) is 3.99. The Morgan fingerprint density at radius 2 is 2.22 bits per heavy atom. The smallest absolute Gasteiger partial charge is 0.153 e. The first-order valence-electron chi connectivity index (χ1n) is 6.36. The fourth-order valence-electron chi connectivity index (χ4n) is 2.52. The molecule has 1 aliphatic rings. The van der Waals surface area contributed by atoms with Gasteiger partial charge in [0.15, 0.2) is 5.82 Å². The van der Waals surface area contributed by atoms with Crippen LogP contribution in [-0.4, -0.2) is 28.0 Å². The minimum atomic E-state index is 0.451. The standard InChI is InChI=1S/C13H17N5/c1-9-3-2-6-18(7-9)11-5-4-10-12(17-11)13(14)16-8-15-10/h4-5,8-9H,2-3,6-7H2,1H3,(H2,14,15,16). The predicted molar refractivity (Wildman–Crippen MR) is 72.4 cm³/mol. The first kappa shape index (κ1) is 11.2. The summed E-state index contributed by atoms with van der Waals surface area (Å²) in [5, 5.41) is 0. The number of aromatic nitrogens is 3. The van der Waals surface area contributed by atoms with E-state index in [1.165, 1.54) is 19.2 Å². The highest BCUT2D eigenvalue weighted by molar-refractivity contribution is 5.84. The molecule has 0 aliphatic carbocycles. The minimum Gasteiger partial charge on any atom is -0.382 e. The van der Waals surface area contributed by atoms with E-state index in [1.807, 2.05) is 12.1 Å². The maximum atomic E-state index is 5.85. The largest absolute Gasteiger partial charge is 0.382 e. The Labute approximate surface area is 106 Å². The second kappa shape index (κ2) is 4.40. The summed E-state index contributed by atoms with van der Waals surface area (Å²) in [5.74, 6) is 2.16. The lowest BCUT2D eigenvalue weighted by Crippen LogP contribution is -2.34. The zero-order chi connectivity index (χ0) is 12.5. The zero-order valence-corrected chi connectivity index (χ0v) is 10.5. The zero-order valence-electron chi connectivity index (χ0n) is 10.5. The van der Waals surface area contributed by atoms with Crippen LogP contribution >= 0.6 is 0 Å².